The van der Waals surface area contributed by atoms with Crippen molar-refractivity contribution in [2.45, 2.75) is 105 Å². The van der Waals surface area contributed by atoms with Crippen LogP contribution in [0.1, 0.15) is 105 Å². The zero-order chi connectivity index (χ0) is 72.7. The minimum atomic E-state index is -0.231. The molecule has 0 unspecified atom stereocenters. The Labute approximate surface area is 625 Å². The number of hydrogen-bond acceptors (Lipinski definition) is 2. The van der Waals surface area contributed by atoms with Gasteiger partial charge in [-0.1, -0.05) is 320 Å². The van der Waals surface area contributed by atoms with Crippen LogP contribution in [0.3, 0.4) is 0 Å². The molecule has 15 aromatic carbocycles. The maximum Gasteiger partial charge on any atom is 0.252 e. The molecule has 0 atom stereocenters. The fraction of sp³-hybridized carbons (Fsp3) is 0.157. The highest BCUT2D eigenvalue weighted by Crippen LogP contribution is 2.56. The first-order valence-electron chi connectivity index (χ1n) is 37.8. The van der Waals surface area contributed by atoms with Crippen LogP contribution in [0.15, 0.2) is 315 Å². The van der Waals surface area contributed by atoms with E-state index >= 15 is 0 Å². The van der Waals surface area contributed by atoms with E-state index in [0.29, 0.717) is 0 Å². The van der Waals surface area contributed by atoms with Crippen molar-refractivity contribution in [2.75, 3.05) is 9.80 Å². The Morgan fingerprint density at radius 1 is 0.236 bits per heavy atom. The van der Waals surface area contributed by atoms with Crippen molar-refractivity contribution in [2.24, 2.45) is 0 Å². The van der Waals surface area contributed by atoms with E-state index in [1.165, 1.54) is 121 Å². The lowest BCUT2D eigenvalue weighted by Gasteiger charge is -2.46. The van der Waals surface area contributed by atoms with Gasteiger partial charge in [0.1, 0.15) is 0 Å². The van der Waals surface area contributed by atoms with Gasteiger partial charge in [0.05, 0.1) is 22.4 Å². The van der Waals surface area contributed by atoms with Crippen LogP contribution in [0.5, 0.6) is 0 Å². The molecule has 0 fully saturated rings. The minimum Gasteiger partial charge on any atom is -0.310 e. The molecule has 1 aromatic heterocycles. The summed E-state index contributed by atoms with van der Waals surface area (Å²) in [6.45, 7) is 27.9. The highest BCUT2D eigenvalue weighted by Gasteiger charge is 2.46. The molecular formula is C102H88BN3. The number of hydrogen-bond donors (Lipinski definition) is 0. The maximum absolute atomic E-state index is 2.71. The summed E-state index contributed by atoms with van der Waals surface area (Å²) in [5.41, 5.74) is 32.9. The van der Waals surface area contributed by atoms with Crippen LogP contribution in [0, 0.1) is 0 Å². The van der Waals surface area contributed by atoms with Gasteiger partial charge < -0.3 is 14.4 Å². The van der Waals surface area contributed by atoms with Gasteiger partial charge in [-0.25, -0.2) is 0 Å². The molecule has 2 aliphatic heterocycles. The number of nitrogens with zero attached hydrogens (tertiary/aromatic N) is 3. The van der Waals surface area contributed by atoms with Gasteiger partial charge in [-0.15, -0.1) is 0 Å². The summed E-state index contributed by atoms with van der Waals surface area (Å²) >= 11 is 0. The second kappa shape index (κ2) is 25.0. The summed E-state index contributed by atoms with van der Waals surface area (Å²) in [6, 6.07) is 121. The predicted molar refractivity (Wildman–Crippen MR) is 457 cm³/mol. The first-order valence-corrected chi connectivity index (χ1v) is 37.8. The van der Waals surface area contributed by atoms with Crippen LogP contribution >= 0.6 is 0 Å². The van der Waals surface area contributed by atoms with Crippen LogP contribution in [-0.4, -0.2) is 11.3 Å². The molecule has 106 heavy (non-hydrogen) atoms. The third kappa shape index (κ3) is 11.0. The van der Waals surface area contributed by atoms with E-state index in [1.54, 1.807) is 0 Å². The van der Waals surface area contributed by atoms with E-state index < -0.39 is 0 Å². The Bertz CT molecular complexity index is 5910. The summed E-state index contributed by atoms with van der Waals surface area (Å²) in [5, 5.41) is 7.43. The Balaban J connectivity index is 1.00. The quantitative estimate of drug-likeness (QED) is 0.105. The van der Waals surface area contributed by atoms with E-state index in [-0.39, 0.29) is 28.4 Å². The third-order valence-corrected chi connectivity index (χ3v) is 22.8. The molecule has 0 spiro atoms. The van der Waals surface area contributed by atoms with Crippen LogP contribution in [0.4, 0.5) is 34.1 Å². The molecule has 0 radical (unpaired) electrons. The van der Waals surface area contributed by atoms with Gasteiger partial charge >= 0.3 is 0 Å². The Morgan fingerprint density at radius 3 is 0.934 bits per heavy atom. The first-order chi connectivity index (χ1) is 51.2. The van der Waals surface area contributed by atoms with Crippen LogP contribution in [0.25, 0.3) is 116 Å². The second-order valence-corrected chi connectivity index (χ2v) is 33.6. The Hall–Kier alpha value is -11.7. The molecule has 0 N–H and O–H groups in total. The lowest BCUT2D eigenvalue weighted by molar-refractivity contribution is 0.590. The normalized spacial score (nSPS) is 13.0. The van der Waals surface area contributed by atoms with E-state index in [1.807, 2.05) is 0 Å². The summed E-state index contributed by atoms with van der Waals surface area (Å²) < 4.78 is 2.56. The molecule has 4 heteroatoms. The van der Waals surface area contributed by atoms with Crippen molar-refractivity contribution in [3.8, 4) is 72.4 Å². The average molecular weight is 1370 g/mol. The summed E-state index contributed by atoms with van der Waals surface area (Å²) in [4.78, 5) is 5.41. The van der Waals surface area contributed by atoms with Crippen molar-refractivity contribution < 1.29 is 0 Å². The molecule has 0 saturated heterocycles. The maximum atomic E-state index is 2.71. The van der Waals surface area contributed by atoms with Crippen LogP contribution < -0.4 is 26.2 Å². The topological polar surface area (TPSA) is 11.4 Å². The molecule has 3 nitrogen and oxygen atoms in total. The molecular weight excluding hydrogens is 1280 g/mol. The molecule has 16 aromatic rings. The number of anilines is 6. The molecule has 0 bridgehead atoms. The largest absolute Gasteiger partial charge is 0.310 e. The van der Waals surface area contributed by atoms with Crippen molar-refractivity contribution in [3.63, 3.8) is 0 Å². The SMILES string of the molecule is CC(C)(C)c1cc(-c2ccccc2)c(N2c3cc(-c4c5ccccc5c(-c5ccccc5)c5ccccc45)ccc3B3c4ccc(-n5c6ccc(C(C)(C)C)cc6c6cc(C(C)(C)C)ccc65)cc4N(c4c(-c5ccccc5)cc(C(C)(C)C)cc4-c4ccccc4)c4cccc2c43)c(-c2ccccc2)c1. The number of benzene rings is 15. The number of aromatic nitrogens is 1. The average Bonchev–Trinajstić information content (AvgIpc) is 0.738. The summed E-state index contributed by atoms with van der Waals surface area (Å²) in [5.74, 6) is 0. The Morgan fingerprint density at radius 2 is 0.566 bits per heavy atom. The van der Waals surface area contributed by atoms with Gasteiger partial charge in [-0.3, -0.25) is 0 Å². The lowest BCUT2D eigenvalue weighted by Crippen LogP contribution is -2.61. The molecule has 514 valence electrons. The van der Waals surface area contributed by atoms with Gasteiger partial charge in [-0.05, 0) is 205 Å². The monoisotopic (exact) mass is 1370 g/mol. The van der Waals surface area contributed by atoms with Crippen molar-refractivity contribution in [1.82, 2.24) is 4.57 Å². The molecule has 3 heterocycles. The molecule has 2 aliphatic rings. The highest BCUT2D eigenvalue weighted by molar-refractivity contribution is 7.00. The van der Waals surface area contributed by atoms with E-state index in [0.717, 1.165) is 67.6 Å². The van der Waals surface area contributed by atoms with Crippen molar-refractivity contribution in [3.05, 3.63) is 338 Å². The number of fused-ring (bicyclic) bond motifs is 9. The van der Waals surface area contributed by atoms with Crippen LogP contribution in [0.2, 0.25) is 0 Å². The second-order valence-electron chi connectivity index (χ2n) is 33.6. The lowest BCUT2D eigenvalue weighted by atomic mass is 9.33. The Kier molecular flexibility index (Phi) is 15.6. The summed E-state index contributed by atoms with van der Waals surface area (Å²) in [7, 11) is 0. The predicted octanol–water partition coefficient (Wildman–Crippen LogP) is 26.4. The smallest absolute Gasteiger partial charge is 0.252 e. The molecule has 18 rings (SSSR count). The fourth-order valence-electron chi connectivity index (χ4n) is 17.3. The van der Waals surface area contributed by atoms with Gasteiger partial charge in [0.25, 0.3) is 6.71 Å². The van der Waals surface area contributed by atoms with E-state index in [2.05, 4.69) is 413 Å². The summed E-state index contributed by atoms with van der Waals surface area (Å²) in [6.07, 6.45) is 0. The highest BCUT2D eigenvalue weighted by atomic mass is 15.2. The zero-order valence-corrected chi connectivity index (χ0v) is 62.9. The number of rotatable bonds is 9. The van der Waals surface area contributed by atoms with Crippen molar-refractivity contribution >= 4 is 101 Å². The van der Waals surface area contributed by atoms with Crippen LogP contribution in [-0.2, 0) is 21.7 Å². The van der Waals surface area contributed by atoms with Gasteiger partial charge in [0, 0.05) is 61.5 Å². The van der Waals surface area contributed by atoms with Gasteiger partial charge in [-0.2, -0.15) is 0 Å². The van der Waals surface area contributed by atoms with Gasteiger partial charge in [0.2, 0.25) is 0 Å². The van der Waals surface area contributed by atoms with E-state index in [4.69, 9.17) is 0 Å². The molecule has 0 aliphatic carbocycles. The van der Waals surface area contributed by atoms with E-state index in [9.17, 15) is 0 Å². The first kappa shape index (κ1) is 66.3. The fourth-order valence-corrected chi connectivity index (χ4v) is 17.3. The minimum absolute atomic E-state index is 0.0540. The van der Waals surface area contributed by atoms with Crippen molar-refractivity contribution in [1.29, 1.82) is 0 Å². The molecule has 0 amide bonds. The standard InChI is InChI=1S/C102H88BN3/c1-99(2,3)71-50-55-88-84(58-71)85-59-72(100(4,5)6)51-56-89(85)104(88)75-52-54-87-93(64-75)106(98-82(67-37-22-15-23-38-67)62-74(102(10,11)12)63-83(98)68-39-24-16-25-40-68)91-48-32-47-90-96(91)103(87)86-53-49-70(95-78-45-30-28-43-76(78)94(69-41-26-17-27-42-69)77-44-29-31-46-79(77)95)57-92(86)105(90)97-80(65-33-18-13-19-34-65)60-73(101(7,8)9)61-81(97)66-35-20-14-21-36-66/h13-64H,1-12H3. The molecule has 0 saturated carbocycles. The van der Waals surface area contributed by atoms with Gasteiger partial charge in [0.15, 0.2) is 0 Å². The zero-order valence-electron chi connectivity index (χ0n) is 62.9. The third-order valence-electron chi connectivity index (χ3n) is 22.8.